The molecule has 3 rings (SSSR count). The van der Waals surface area contributed by atoms with Crippen LogP contribution >= 0.6 is 0 Å². The number of carbonyl (C=O) groups excluding carboxylic acids is 5. The maximum absolute atomic E-state index is 14.9. The van der Waals surface area contributed by atoms with Crippen LogP contribution in [-0.2, 0) is 37.8 Å². The van der Waals surface area contributed by atoms with Crippen molar-refractivity contribution in [3.05, 3.63) is 47.5 Å². The second-order valence-corrected chi connectivity index (χ2v) is 19.1. The Morgan fingerprint density at radius 1 is 0.959 bits per heavy atom. The molecule has 272 valence electrons. The molecular weight excluding hydrogens is 648 g/mol. The van der Waals surface area contributed by atoms with Gasteiger partial charge in [0.15, 0.2) is 32.1 Å². The monoisotopic (exact) mass is 702 g/mol. The van der Waals surface area contributed by atoms with Crippen LogP contribution in [-0.4, -0.2) is 84.1 Å². The number of esters is 3. The van der Waals surface area contributed by atoms with E-state index in [9.17, 15) is 34.2 Å². The standard InChI is InChI=1S/C37H54O11Si/c1-11-49(12-2,13-3)48-29-19-28(46-25(7)39)31(41)30(36(29,10)32(42)23(5)45-24(6)38)33(47-34(43)26-17-15-14-16-18-26)37(44)21-27(40)22(4)20-35(37,8)9/h14-18,20,23,27-30,33,40,44H,11-13,19,21H2,1-10H3/t23-,27+,28+,29?,30?,33+,36-,37-/m1/s1. The first-order chi connectivity index (χ1) is 22.7. The molecule has 0 aliphatic heterocycles. The number of benzene rings is 1. The van der Waals surface area contributed by atoms with E-state index < -0.39 is 90.7 Å². The number of hydrogen-bond acceptors (Lipinski definition) is 11. The number of aliphatic hydroxyl groups is 2. The van der Waals surface area contributed by atoms with Crippen LogP contribution in [0, 0.1) is 16.7 Å². The smallest absolute Gasteiger partial charge is 0.338 e. The maximum Gasteiger partial charge on any atom is 0.338 e. The number of rotatable bonds is 13. The van der Waals surface area contributed by atoms with Crippen LogP contribution in [0.1, 0.15) is 92.4 Å². The zero-order chi connectivity index (χ0) is 37.1. The Hall–Kier alpha value is -3.19. The van der Waals surface area contributed by atoms with Crippen LogP contribution in [0.3, 0.4) is 0 Å². The molecule has 2 unspecified atom stereocenters. The SMILES string of the molecule is CC[Si](CC)(CC)OC1C[C@H](OC(C)=O)C(=O)C([C@H](OC(=O)c2ccccc2)[C@]2(O)C[C@H](O)C(C)=CC2(C)C)[C@]1(C)C(=O)[C@@H](C)OC(C)=O. The molecule has 0 spiro atoms. The van der Waals surface area contributed by atoms with Gasteiger partial charge in [0.05, 0.1) is 29.1 Å². The average Bonchev–Trinajstić information content (AvgIpc) is 3.03. The molecule has 0 radical (unpaired) electrons. The molecular formula is C37H54O11Si. The molecule has 11 nitrogen and oxygen atoms in total. The molecule has 2 aliphatic carbocycles. The molecule has 1 aromatic carbocycles. The van der Waals surface area contributed by atoms with E-state index in [0.29, 0.717) is 23.7 Å². The number of carbonyl (C=O) groups is 5. The quantitative estimate of drug-likeness (QED) is 0.121. The zero-order valence-corrected chi connectivity index (χ0v) is 31.5. The van der Waals surface area contributed by atoms with Crippen molar-refractivity contribution in [2.75, 3.05) is 0 Å². The van der Waals surface area contributed by atoms with E-state index in [1.165, 1.54) is 26.0 Å². The Morgan fingerprint density at radius 3 is 2.04 bits per heavy atom. The van der Waals surface area contributed by atoms with E-state index in [1.807, 2.05) is 20.8 Å². The second-order valence-electron chi connectivity index (χ2n) is 14.4. The minimum atomic E-state index is -2.59. The topological polar surface area (TPSA) is 163 Å². The van der Waals surface area contributed by atoms with Gasteiger partial charge in [-0.05, 0) is 56.6 Å². The molecule has 1 aromatic rings. The predicted molar refractivity (Wildman–Crippen MR) is 184 cm³/mol. The minimum Gasteiger partial charge on any atom is -0.455 e. The summed E-state index contributed by atoms with van der Waals surface area (Å²) in [7, 11) is -2.59. The zero-order valence-electron chi connectivity index (χ0n) is 30.5. The van der Waals surface area contributed by atoms with E-state index in [-0.39, 0.29) is 18.4 Å². The van der Waals surface area contributed by atoms with Crippen LogP contribution in [0.15, 0.2) is 42.0 Å². The van der Waals surface area contributed by atoms with Crippen molar-refractivity contribution in [2.24, 2.45) is 16.7 Å². The maximum atomic E-state index is 14.9. The number of hydrogen-bond donors (Lipinski definition) is 2. The summed E-state index contributed by atoms with van der Waals surface area (Å²) >= 11 is 0. The first-order valence-corrected chi connectivity index (χ1v) is 19.7. The highest BCUT2D eigenvalue weighted by atomic mass is 28.4. The van der Waals surface area contributed by atoms with E-state index in [0.717, 1.165) is 13.8 Å². The highest BCUT2D eigenvalue weighted by Gasteiger charge is 2.68. The van der Waals surface area contributed by atoms with Gasteiger partial charge in [-0.3, -0.25) is 19.2 Å². The van der Waals surface area contributed by atoms with Crippen molar-refractivity contribution < 1.29 is 52.8 Å². The van der Waals surface area contributed by atoms with Gasteiger partial charge in [0, 0.05) is 32.1 Å². The van der Waals surface area contributed by atoms with Gasteiger partial charge in [0.1, 0.15) is 11.7 Å². The van der Waals surface area contributed by atoms with Crippen molar-refractivity contribution in [3.8, 4) is 0 Å². The molecule has 1 saturated carbocycles. The van der Waals surface area contributed by atoms with E-state index in [1.54, 1.807) is 45.0 Å². The summed E-state index contributed by atoms with van der Waals surface area (Å²) < 4.78 is 24.2. The van der Waals surface area contributed by atoms with Crippen molar-refractivity contribution in [2.45, 2.75) is 136 Å². The fourth-order valence-electron chi connectivity index (χ4n) is 7.74. The largest absolute Gasteiger partial charge is 0.455 e. The van der Waals surface area contributed by atoms with E-state index in [2.05, 4.69) is 0 Å². The van der Waals surface area contributed by atoms with Gasteiger partial charge in [-0.1, -0.05) is 58.9 Å². The Kier molecular flexibility index (Phi) is 12.6. The third kappa shape index (κ3) is 7.92. The van der Waals surface area contributed by atoms with Crippen LogP contribution < -0.4 is 0 Å². The summed E-state index contributed by atoms with van der Waals surface area (Å²) in [6.07, 6.45) is -5.65. The van der Waals surface area contributed by atoms with Crippen LogP contribution in [0.25, 0.3) is 0 Å². The number of ether oxygens (including phenoxy) is 3. The van der Waals surface area contributed by atoms with Gasteiger partial charge < -0.3 is 28.8 Å². The van der Waals surface area contributed by atoms with Crippen molar-refractivity contribution >= 4 is 37.8 Å². The Labute approximate surface area is 290 Å². The number of ketones is 2. The van der Waals surface area contributed by atoms with Crippen LogP contribution in [0.2, 0.25) is 18.1 Å². The molecule has 0 heterocycles. The van der Waals surface area contributed by atoms with Gasteiger partial charge in [0.25, 0.3) is 0 Å². The van der Waals surface area contributed by atoms with Gasteiger partial charge >= 0.3 is 17.9 Å². The van der Waals surface area contributed by atoms with Crippen molar-refractivity contribution in [1.29, 1.82) is 0 Å². The summed E-state index contributed by atoms with van der Waals surface area (Å²) in [4.78, 5) is 68.2. The average molecular weight is 703 g/mol. The van der Waals surface area contributed by atoms with Gasteiger partial charge in [-0.15, -0.1) is 0 Å². The summed E-state index contributed by atoms with van der Waals surface area (Å²) in [5.74, 6) is -5.45. The molecule has 0 aromatic heterocycles. The van der Waals surface area contributed by atoms with Gasteiger partial charge in [0.2, 0.25) is 0 Å². The van der Waals surface area contributed by atoms with Crippen LogP contribution in [0.4, 0.5) is 0 Å². The lowest BCUT2D eigenvalue weighted by Crippen LogP contribution is -2.71. The Morgan fingerprint density at radius 2 is 1.53 bits per heavy atom. The summed E-state index contributed by atoms with van der Waals surface area (Å²) in [5, 5.41) is 24.0. The molecule has 0 amide bonds. The first-order valence-electron chi connectivity index (χ1n) is 17.2. The molecule has 0 bridgehead atoms. The number of Topliss-reactive ketones (excluding diaryl/α,β-unsaturated/α-hetero) is 2. The van der Waals surface area contributed by atoms with Crippen LogP contribution in [0.5, 0.6) is 0 Å². The molecule has 2 N–H and O–H groups in total. The lowest BCUT2D eigenvalue weighted by Gasteiger charge is -2.57. The predicted octanol–water partition coefficient (Wildman–Crippen LogP) is 5.12. The Bertz CT molecular complexity index is 1430. The highest BCUT2D eigenvalue weighted by molar-refractivity contribution is 6.73. The summed E-state index contributed by atoms with van der Waals surface area (Å²) in [5.41, 5.74) is -4.54. The van der Waals surface area contributed by atoms with E-state index >= 15 is 0 Å². The summed E-state index contributed by atoms with van der Waals surface area (Å²) in [6, 6.07) is 10.0. The van der Waals surface area contributed by atoms with Gasteiger partial charge in [-0.25, -0.2) is 4.79 Å². The molecule has 12 heteroatoms. The first kappa shape index (κ1) is 40.2. The fraction of sp³-hybridized carbons (Fsp3) is 0.649. The van der Waals surface area contributed by atoms with Crippen molar-refractivity contribution in [1.82, 2.24) is 0 Å². The fourth-order valence-corrected chi connectivity index (χ4v) is 10.7. The second kappa shape index (κ2) is 15.4. The minimum absolute atomic E-state index is 0.125. The number of aliphatic hydroxyl groups excluding tert-OH is 1. The van der Waals surface area contributed by atoms with Gasteiger partial charge in [-0.2, -0.15) is 0 Å². The van der Waals surface area contributed by atoms with Crippen molar-refractivity contribution in [3.63, 3.8) is 0 Å². The molecule has 1 fully saturated rings. The highest BCUT2D eigenvalue weighted by Crippen LogP contribution is 2.54. The molecule has 0 saturated heterocycles. The molecule has 8 atom stereocenters. The lowest BCUT2D eigenvalue weighted by atomic mass is 9.53. The van der Waals surface area contributed by atoms with E-state index in [4.69, 9.17) is 18.6 Å². The lowest BCUT2D eigenvalue weighted by molar-refractivity contribution is -0.213. The molecule has 2 aliphatic rings. The molecule has 49 heavy (non-hydrogen) atoms. The normalized spacial score (nSPS) is 29.6. The third-order valence-electron chi connectivity index (χ3n) is 11.0. The third-order valence-corrected chi connectivity index (χ3v) is 15.6. The summed E-state index contributed by atoms with van der Waals surface area (Å²) in [6.45, 7) is 16.4. The Balaban J connectivity index is 2.44.